The predicted molar refractivity (Wildman–Crippen MR) is 99.5 cm³/mol. The lowest BCUT2D eigenvalue weighted by Crippen LogP contribution is -2.19. The first-order valence-corrected chi connectivity index (χ1v) is 8.16. The predicted octanol–water partition coefficient (Wildman–Crippen LogP) is 3.52. The minimum atomic E-state index is -0.192. The van der Waals surface area contributed by atoms with Crippen LogP contribution in [0.15, 0.2) is 47.6 Å². The SMILES string of the molecule is COc1ccc(CC(=O)N/N=C/c2ccc(C(C)C)cc2)cc1OC. The zero-order chi connectivity index (χ0) is 18.2. The van der Waals surface area contributed by atoms with Gasteiger partial charge >= 0.3 is 0 Å². The van der Waals surface area contributed by atoms with E-state index in [2.05, 4.69) is 36.5 Å². The molecule has 25 heavy (non-hydrogen) atoms. The fourth-order valence-corrected chi connectivity index (χ4v) is 2.36. The molecular formula is C20H24N2O3. The van der Waals surface area contributed by atoms with Crippen LogP contribution < -0.4 is 14.9 Å². The van der Waals surface area contributed by atoms with Crippen molar-refractivity contribution in [2.24, 2.45) is 5.10 Å². The van der Waals surface area contributed by atoms with Crippen molar-refractivity contribution in [2.75, 3.05) is 14.2 Å². The maximum atomic E-state index is 12.0. The van der Waals surface area contributed by atoms with Crippen LogP contribution in [-0.2, 0) is 11.2 Å². The van der Waals surface area contributed by atoms with Crippen LogP contribution in [-0.4, -0.2) is 26.3 Å². The van der Waals surface area contributed by atoms with Gasteiger partial charge in [-0.25, -0.2) is 5.43 Å². The zero-order valence-electron chi connectivity index (χ0n) is 15.1. The second-order valence-corrected chi connectivity index (χ2v) is 5.98. The number of carbonyl (C=O) groups is 1. The average molecular weight is 340 g/mol. The third-order valence-corrected chi connectivity index (χ3v) is 3.82. The number of nitrogens with zero attached hydrogens (tertiary/aromatic N) is 1. The molecule has 0 atom stereocenters. The minimum Gasteiger partial charge on any atom is -0.493 e. The number of benzene rings is 2. The second kappa shape index (κ2) is 8.87. The molecule has 0 aromatic heterocycles. The van der Waals surface area contributed by atoms with Crippen molar-refractivity contribution in [2.45, 2.75) is 26.2 Å². The van der Waals surface area contributed by atoms with E-state index in [9.17, 15) is 4.79 Å². The molecule has 2 aromatic rings. The molecule has 0 aliphatic carbocycles. The number of hydrazone groups is 1. The van der Waals surface area contributed by atoms with Crippen LogP contribution in [0, 0.1) is 0 Å². The van der Waals surface area contributed by atoms with Crippen LogP contribution in [0.4, 0.5) is 0 Å². The van der Waals surface area contributed by atoms with Crippen LogP contribution >= 0.6 is 0 Å². The molecule has 0 saturated carbocycles. The van der Waals surface area contributed by atoms with E-state index in [1.807, 2.05) is 18.2 Å². The molecule has 0 aliphatic rings. The van der Waals surface area contributed by atoms with Gasteiger partial charge in [-0.15, -0.1) is 0 Å². The Balaban J connectivity index is 1.92. The summed E-state index contributed by atoms with van der Waals surface area (Å²) >= 11 is 0. The van der Waals surface area contributed by atoms with Gasteiger partial charge < -0.3 is 9.47 Å². The number of ether oxygens (including phenoxy) is 2. The number of carbonyl (C=O) groups excluding carboxylic acids is 1. The van der Waals surface area contributed by atoms with Crippen molar-refractivity contribution in [1.82, 2.24) is 5.43 Å². The molecule has 132 valence electrons. The Hall–Kier alpha value is -2.82. The lowest BCUT2D eigenvalue weighted by Gasteiger charge is -2.09. The van der Waals surface area contributed by atoms with Crippen LogP contribution in [0.25, 0.3) is 0 Å². The summed E-state index contributed by atoms with van der Waals surface area (Å²) in [5, 5.41) is 4.01. The van der Waals surface area contributed by atoms with Crippen molar-refractivity contribution in [3.63, 3.8) is 0 Å². The Morgan fingerprint density at radius 3 is 2.36 bits per heavy atom. The molecule has 5 heteroatoms. The van der Waals surface area contributed by atoms with Gasteiger partial charge in [0.25, 0.3) is 0 Å². The second-order valence-electron chi connectivity index (χ2n) is 5.98. The number of amides is 1. The number of methoxy groups -OCH3 is 2. The highest BCUT2D eigenvalue weighted by Crippen LogP contribution is 2.27. The summed E-state index contributed by atoms with van der Waals surface area (Å²) in [7, 11) is 3.14. The smallest absolute Gasteiger partial charge is 0.244 e. The third-order valence-electron chi connectivity index (χ3n) is 3.82. The summed E-state index contributed by atoms with van der Waals surface area (Å²) in [6, 6.07) is 13.5. The van der Waals surface area contributed by atoms with Crippen LogP contribution in [0.5, 0.6) is 11.5 Å². The van der Waals surface area contributed by atoms with Crippen molar-refractivity contribution in [1.29, 1.82) is 0 Å². The van der Waals surface area contributed by atoms with Gasteiger partial charge in [0.2, 0.25) is 5.91 Å². The monoisotopic (exact) mass is 340 g/mol. The molecule has 5 nitrogen and oxygen atoms in total. The van der Waals surface area contributed by atoms with Crippen molar-refractivity contribution in [3.05, 3.63) is 59.2 Å². The largest absolute Gasteiger partial charge is 0.493 e. The molecule has 0 heterocycles. The summed E-state index contributed by atoms with van der Waals surface area (Å²) in [4.78, 5) is 12.0. The molecule has 2 aromatic carbocycles. The highest BCUT2D eigenvalue weighted by molar-refractivity contribution is 5.83. The summed E-state index contributed by atoms with van der Waals surface area (Å²) in [6.45, 7) is 4.30. The van der Waals surface area contributed by atoms with Crippen LogP contribution in [0.2, 0.25) is 0 Å². The van der Waals surface area contributed by atoms with Gasteiger partial charge in [-0.3, -0.25) is 4.79 Å². The Labute approximate surface area is 148 Å². The summed E-state index contributed by atoms with van der Waals surface area (Å²) < 4.78 is 10.4. The quantitative estimate of drug-likeness (QED) is 0.620. The maximum absolute atomic E-state index is 12.0. The van der Waals surface area contributed by atoms with E-state index in [-0.39, 0.29) is 12.3 Å². The average Bonchev–Trinajstić information content (AvgIpc) is 2.62. The molecule has 1 amide bonds. The van der Waals surface area contributed by atoms with E-state index < -0.39 is 0 Å². The molecule has 2 rings (SSSR count). The fraction of sp³-hybridized carbons (Fsp3) is 0.300. The van der Waals surface area contributed by atoms with Crippen LogP contribution in [0.3, 0.4) is 0 Å². The number of rotatable bonds is 7. The minimum absolute atomic E-state index is 0.192. The van der Waals surface area contributed by atoms with Crippen molar-refractivity contribution in [3.8, 4) is 11.5 Å². The van der Waals surface area contributed by atoms with E-state index in [1.165, 1.54) is 5.56 Å². The van der Waals surface area contributed by atoms with Gasteiger partial charge in [0.05, 0.1) is 26.9 Å². The first-order valence-electron chi connectivity index (χ1n) is 8.16. The number of hydrogen-bond acceptors (Lipinski definition) is 4. The first-order chi connectivity index (χ1) is 12.0. The first kappa shape index (κ1) is 18.5. The molecule has 0 spiro atoms. The van der Waals surface area contributed by atoms with Crippen molar-refractivity contribution < 1.29 is 14.3 Å². The summed E-state index contributed by atoms with van der Waals surface area (Å²) in [5.74, 6) is 1.53. The Kier molecular flexibility index (Phi) is 6.57. The lowest BCUT2D eigenvalue weighted by atomic mass is 10.0. The summed E-state index contributed by atoms with van der Waals surface area (Å²) in [6.07, 6.45) is 1.85. The third kappa shape index (κ3) is 5.35. The van der Waals surface area contributed by atoms with E-state index in [0.717, 1.165) is 11.1 Å². The van der Waals surface area contributed by atoms with E-state index >= 15 is 0 Å². The standard InChI is InChI=1S/C20H24N2O3/c1-14(2)17-8-5-15(6-9-17)13-21-22-20(23)12-16-7-10-18(24-3)19(11-16)25-4/h5-11,13-14H,12H2,1-4H3,(H,22,23)/b21-13+. The van der Waals surface area contributed by atoms with Gasteiger partial charge in [0, 0.05) is 0 Å². The van der Waals surface area contributed by atoms with Gasteiger partial charge in [-0.1, -0.05) is 44.2 Å². The topological polar surface area (TPSA) is 59.9 Å². The van der Waals surface area contributed by atoms with Gasteiger partial charge in [0.15, 0.2) is 11.5 Å². The van der Waals surface area contributed by atoms with Gasteiger partial charge in [-0.2, -0.15) is 5.10 Å². The van der Waals surface area contributed by atoms with E-state index in [0.29, 0.717) is 17.4 Å². The Morgan fingerprint density at radius 2 is 1.76 bits per heavy atom. The molecule has 0 radical (unpaired) electrons. The Morgan fingerprint density at radius 1 is 1.08 bits per heavy atom. The van der Waals surface area contributed by atoms with Gasteiger partial charge in [-0.05, 0) is 34.7 Å². The number of hydrogen-bond donors (Lipinski definition) is 1. The van der Waals surface area contributed by atoms with E-state index in [4.69, 9.17) is 9.47 Å². The van der Waals surface area contributed by atoms with Gasteiger partial charge in [0.1, 0.15) is 0 Å². The van der Waals surface area contributed by atoms with Crippen LogP contribution in [0.1, 0.15) is 36.5 Å². The number of nitrogens with one attached hydrogen (secondary N) is 1. The molecule has 0 bridgehead atoms. The van der Waals surface area contributed by atoms with E-state index in [1.54, 1.807) is 32.6 Å². The highest BCUT2D eigenvalue weighted by atomic mass is 16.5. The Bertz CT molecular complexity index is 737. The van der Waals surface area contributed by atoms with Crippen molar-refractivity contribution >= 4 is 12.1 Å². The maximum Gasteiger partial charge on any atom is 0.244 e. The molecular weight excluding hydrogens is 316 g/mol. The molecule has 0 fully saturated rings. The molecule has 0 saturated heterocycles. The highest BCUT2D eigenvalue weighted by Gasteiger charge is 2.07. The lowest BCUT2D eigenvalue weighted by molar-refractivity contribution is -0.120. The zero-order valence-corrected chi connectivity index (χ0v) is 15.1. The molecule has 0 aliphatic heterocycles. The normalized spacial score (nSPS) is 10.9. The molecule has 1 N–H and O–H groups in total. The summed E-state index contributed by atoms with van der Waals surface area (Å²) in [5.41, 5.74) is 5.58. The fourth-order valence-electron chi connectivity index (χ4n) is 2.36. The molecule has 0 unspecified atom stereocenters.